The van der Waals surface area contributed by atoms with Crippen LogP contribution < -0.4 is 0 Å². The molecule has 2 aromatic carbocycles. The van der Waals surface area contributed by atoms with Crippen molar-refractivity contribution in [1.82, 2.24) is 14.8 Å². The number of likely N-dealkylation sites (tertiary alicyclic amines) is 1. The zero-order valence-corrected chi connectivity index (χ0v) is 20.8. The molecule has 200 valence electrons. The number of H-pyrrole nitrogens is 1. The van der Waals surface area contributed by atoms with E-state index < -0.39 is 37.0 Å². The van der Waals surface area contributed by atoms with Gasteiger partial charge in [-0.3, -0.25) is 9.29 Å². The maximum atomic E-state index is 15.7. The van der Waals surface area contributed by atoms with Crippen LogP contribution in [0.2, 0.25) is 0 Å². The Morgan fingerprint density at radius 1 is 1.16 bits per heavy atom. The molecule has 5 nitrogen and oxygen atoms in total. The van der Waals surface area contributed by atoms with Crippen LogP contribution in [0.3, 0.4) is 0 Å². The Bertz CT molecular complexity index is 1240. The third-order valence-electron chi connectivity index (χ3n) is 7.86. The van der Waals surface area contributed by atoms with E-state index >= 15 is 4.39 Å². The fraction of sp³-hybridized carbons (Fsp3) is 0.500. The van der Waals surface area contributed by atoms with Crippen molar-refractivity contribution < 1.29 is 27.8 Å². The minimum Gasteiger partial charge on any atom is -0.390 e. The van der Waals surface area contributed by atoms with Crippen LogP contribution in [0.15, 0.2) is 42.5 Å². The van der Waals surface area contributed by atoms with E-state index in [9.17, 15) is 23.4 Å². The van der Waals surface area contributed by atoms with E-state index in [1.54, 1.807) is 17.0 Å². The summed E-state index contributed by atoms with van der Waals surface area (Å²) in [5.74, 6) is -3.99. The highest BCUT2D eigenvalue weighted by Gasteiger charge is 2.42. The fourth-order valence-electron chi connectivity index (χ4n) is 5.90. The number of para-hydroxylation sites is 1. The lowest BCUT2D eigenvalue weighted by atomic mass is 9.85. The Morgan fingerprint density at radius 2 is 1.92 bits per heavy atom. The number of aliphatic hydroxyl groups excluding tert-OH is 2. The largest absolute Gasteiger partial charge is 0.390 e. The van der Waals surface area contributed by atoms with Gasteiger partial charge in [0.2, 0.25) is 0 Å². The van der Waals surface area contributed by atoms with Crippen molar-refractivity contribution in [3.8, 4) is 0 Å². The van der Waals surface area contributed by atoms with E-state index in [-0.39, 0.29) is 24.2 Å². The molecule has 37 heavy (non-hydrogen) atoms. The van der Waals surface area contributed by atoms with Gasteiger partial charge in [-0.1, -0.05) is 30.3 Å². The van der Waals surface area contributed by atoms with Crippen LogP contribution in [0.5, 0.6) is 0 Å². The van der Waals surface area contributed by atoms with Crippen molar-refractivity contribution in [3.63, 3.8) is 0 Å². The molecule has 3 heterocycles. The molecule has 1 saturated heterocycles. The first-order valence-corrected chi connectivity index (χ1v) is 12.8. The molecule has 1 aromatic heterocycles. The van der Waals surface area contributed by atoms with Crippen molar-refractivity contribution in [2.75, 3.05) is 39.5 Å². The molecule has 0 spiro atoms. The Labute approximate surface area is 213 Å². The van der Waals surface area contributed by atoms with Crippen LogP contribution >= 0.6 is 0 Å². The van der Waals surface area contributed by atoms with E-state index in [0.717, 1.165) is 16.5 Å². The molecule has 3 N–H and O–H groups in total. The Balaban J connectivity index is 1.48. The van der Waals surface area contributed by atoms with Crippen LogP contribution in [0.4, 0.5) is 17.6 Å². The third-order valence-corrected chi connectivity index (χ3v) is 7.86. The van der Waals surface area contributed by atoms with Gasteiger partial charge in [-0.05, 0) is 43.0 Å². The summed E-state index contributed by atoms with van der Waals surface area (Å²) < 4.78 is 57.0. The highest BCUT2D eigenvalue weighted by atomic mass is 19.3. The molecule has 9 heteroatoms. The maximum Gasteiger partial charge on any atom is 0.283 e. The number of alkyl halides is 3. The zero-order chi connectivity index (χ0) is 26.3. The summed E-state index contributed by atoms with van der Waals surface area (Å²) in [6, 6.07) is 11.1. The summed E-state index contributed by atoms with van der Waals surface area (Å²) in [7, 11) is 0. The normalized spacial score (nSPS) is 22.2. The number of aromatic nitrogens is 1. The van der Waals surface area contributed by atoms with Gasteiger partial charge in [-0.2, -0.15) is 0 Å². The van der Waals surface area contributed by atoms with E-state index in [2.05, 4.69) is 9.88 Å². The summed E-state index contributed by atoms with van der Waals surface area (Å²) >= 11 is 0. The number of nitrogens with one attached hydrogen (secondary N) is 1. The Morgan fingerprint density at radius 3 is 2.62 bits per heavy atom. The molecule has 3 aromatic rings. The quantitative estimate of drug-likeness (QED) is 0.362. The molecule has 0 amide bonds. The molecule has 3 atom stereocenters. The van der Waals surface area contributed by atoms with Crippen LogP contribution in [0, 0.1) is 11.7 Å². The van der Waals surface area contributed by atoms with Crippen molar-refractivity contribution >= 4 is 10.9 Å². The van der Waals surface area contributed by atoms with Crippen LogP contribution in [-0.2, 0) is 6.42 Å². The van der Waals surface area contributed by atoms with E-state index in [4.69, 9.17) is 0 Å². The number of hydrogen-bond donors (Lipinski definition) is 3. The minimum absolute atomic E-state index is 0.0698. The highest BCUT2D eigenvalue weighted by molar-refractivity contribution is 5.85. The molecule has 2 aliphatic heterocycles. The molecule has 1 fully saturated rings. The molecule has 2 aliphatic rings. The molecular weight excluding hydrogens is 486 g/mol. The van der Waals surface area contributed by atoms with Crippen molar-refractivity contribution in [2.24, 2.45) is 5.92 Å². The third kappa shape index (κ3) is 5.02. The second kappa shape index (κ2) is 10.4. The standard InChI is InChI=1S/C28H33F4N3O2/c1-17-11-22-20-5-2-3-6-24(20)33-25(22)26(35(17)15-28(31,32)16-36)21-8-7-18(12-23(21)30)27(37)19-13-34(14-19)10-4-9-29/h2-3,5-8,12,17,19,26-27,33,36-37H,4,9-11,13-16H2,1H3/t17-,26?,27?/m1/s1. The first-order valence-electron chi connectivity index (χ1n) is 12.8. The second-order valence-corrected chi connectivity index (χ2v) is 10.5. The fourth-order valence-corrected chi connectivity index (χ4v) is 5.90. The first-order chi connectivity index (χ1) is 17.7. The lowest BCUT2D eigenvalue weighted by Crippen LogP contribution is -2.49. The maximum absolute atomic E-state index is 15.7. The number of fused-ring (bicyclic) bond motifs is 3. The van der Waals surface area contributed by atoms with E-state index in [1.807, 2.05) is 31.2 Å². The molecule has 0 bridgehead atoms. The molecular formula is C28H33F4N3O2. The van der Waals surface area contributed by atoms with Gasteiger partial charge in [-0.15, -0.1) is 0 Å². The number of benzene rings is 2. The average molecular weight is 520 g/mol. The van der Waals surface area contributed by atoms with E-state index in [1.165, 1.54) is 6.07 Å². The molecule has 0 aliphatic carbocycles. The SMILES string of the molecule is C[C@@H]1Cc2c([nH]c3ccccc23)C(c2ccc(C(O)C3CN(CCCF)C3)cc2F)N1CC(F)(F)CO. The van der Waals surface area contributed by atoms with Crippen LogP contribution in [0.25, 0.3) is 10.9 Å². The second-order valence-electron chi connectivity index (χ2n) is 10.5. The van der Waals surface area contributed by atoms with Crippen molar-refractivity contribution in [3.05, 3.63) is 70.7 Å². The van der Waals surface area contributed by atoms with Gasteiger partial charge < -0.3 is 20.1 Å². The van der Waals surface area contributed by atoms with E-state index in [0.29, 0.717) is 43.7 Å². The number of aromatic amines is 1. The predicted octanol–water partition coefficient (Wildman–Crippen LogP) is 4.60. The molecule has 5 rings (SSSR count). The molecule has 0 saturated carbocycles. The van der Waals surface area contributed by atoms with Gasteiger partial charge in [0.1, 0.15) is 12.4 Å². The number of halogens is 4. The van der Waals surface area contributed by atoms with Crippen LogP contribution in [0.1, 0.15) is 47.9 Å². The Kier molecular flexibility index (Phi) is 7.33. The summed E-state index contributed by atoms with van der Waals surface area (Å²) in [5.41, 5.74) is 3.17. The van der Waals surface area contributed by atoms with Gasteiger partial charge >= 0.3 is 0 Å². The summed E-state index contributed by atoms with van der Waals surface area (Å²) in [4.78, 5) is 6.95. The highest BCUT2D eigenvalue weighted by Crippen LogP contribution is 2.43. The smallest absolute Gasteiger partial charge is 0.283 e. The zero-order valence-electron chi connectivity index (χ0n) is 20.8. The van der Waals surface area contributed by atoms with Gasteiger partial charge in [0, 0.05) is 53.8 Å². The number of rotatable bonds is 9. The molecule has 0 radical (unpaired) electrons. The summed E-state index contributed by atoms with van der Waals surface area (Å²) in [6.45, 7) is 1.32. The van der Waals surface area contributed by atoms with Crippen LogP contribution in [-0.4, -0.2) is 76.4 Å². The Hall–Kier alpha value is -2.46. The number of aliphatic hydroxyl groups is 2. The summed E-state index contributed by atoms with van der Waals surface area (Å²) in [6.07, 6.45) is 0.0954. The number of hydrogen-bond acceptors (Lipinski definition) is 4. The summed E-state index contributed by atoms with van der Waals surface area (Å²) in [5, 5.41) is 21.1. The van der Waals surface area contributed by atoms with Gasteiger partial charge in [-0.25, -0.2) is 13.2 Å². The lowest BCUT2D eigenvalue weighted by molar-refractivity contribution is -0.0866. The monoisotopic (exact) mass is 519 g/mol. The van der Waals surface area contributed by atoms with Gasteiger partial charge in [0.25, 0.3) is 5.92 Å². The van der Waals surface area contributed by atoms with Crippen molar-refractivity contribution in [2.45, 2.75) is 43.9 Å². The molecule has 2 unspecified atom stereocenters. The lowest BCUT2D eigenvalue weighted by Gasteiger charge is -2.43. The topological polar surface area (TPSA) is 62.7 Å². The van der Waals surface area contributed by atoms with Gasteiger partial charge in [0.15, 0.2) is 0 Å². The number of nitrogens with zero attached hydrogens (tertiary/aromatic N) is 2. The minimum atomic E-state index is -3.35. The first kappa shape index (κ1) is 26.2. The average Bonchev–Trinajstić information content (AvgIpc) is 3.21. The van der Waals surface area contributed by atoms with Crippen molar-refractivity contribution in [1.29, 1.82) is 0 Å². The van der Waals surface area contributed by atoms with Gasteiger partial charge in [0.05, 0.1) is 25.4 Å². The predicted molar refractivity (Wildman–Crippen MR) is 134 cm³/mol.